The second kappa shape index (κ2) is 11.0. The summed E-state index contributed by atoms with van der Waals surface area (Å²) in [5.74, 6) is -2.07. The van der Waals surface area contributed by atoms with Crippen LogP contribution in [0.5, 0.6) is 5.75 Å². The van der Waals surface area contributed by atoms with E-state index in [0.717, 1.165) is 18.2 Å². The Labute approximate surface area is 242 Å². The minimum atomic E-state index is -4.82. The molecule has 15 heteroatoms. The SMILES string of the molecule is NC(=O)c1sc2nc(C(F)(F)F)cc(-c3ccc(F)cc3)c2c1NC(=O)c1ccn(COc2ccc(Cl)cc2Cl)n1. The van der Waals surface area contributed by atoms with Crippen LogP contribution < -0.4 is 15.8 Å². The fraction of sp³-hybridized carbons (Fsp3) is 0.0769. The fourth-order valence-electron chi connectivity index (χ4n) is 3.85. The van der Waals surface area contributed by atoms with Crippen LogP contribution in [0.25, 0.3) is 21.3 Å². The molecule has 0 saturated heterocycles. The number of carbonyl (C=O) groups excluding carboxylic acids is 2. The van der Waals surface area contributed by atoms with Crippen molar-refractivity contribution in [2.75, 3.05) is 5.32 Å². The third-order valence-corrected chi connectivity index (χ3v) is 7.32. The van der Waals surface area contributed by atoms with Crippen LogP contribution in [0, 0.1) is 5.82 Å². The van der Waals surface area contributed by atoms with Gasteiger partial charge in [-0.15, -0.1) is 11.3 Å². The molecule has 3 aromatic heterocycles. The molecule has 5 rings (SSSR count). The number of nitrogens with two attached hydrogens (primary N) is 1. The smallest absolute Gasteiger partial charge is 0.433 e. The molecule has 0 aliphatic rings. The van der Waals surface area contributed by atoms with Gasteiger partial charge in [-0.1, -0.05) is 35.3 Å². The van der Waals surface area contributed by atoms with Crippen molar-refractivity contribution >= 4 is 62.3 Å². The van der Waals surface area contributed by atoms with Crippen molar-refractivity contribution < 1.29 is 31.9 Å². The van der Waals surface area contributed by atoms with E-state index in [-0.39, 0.29) is 49.4 Å². The Morgan fingerprint density at radius 3 is 2.46 bits per heavy atom. The Bertz CT molecular complexity index is 1810. The first-order chi connectivity index (χ1) is 19.4. The molecular weight excluding hydrogens is 609 g/mol. The number of thiophene rings is 1. The minimum absolute atomic E-state index is 0.0249. The van der Waals surface area contributed by atoms with E-state index in [0.29, 0.717) is 22.1 Å². The lowest BCUT2D eigenvalue weighted by Crippen LogP contribution is -2.18. The van der Waals surface area contributed by atoms with Crippen LogP contribution in [0.4, 0.5) is 23.2 Å². The average Bonchev–Trinajstić information content (AvgIpc) is 3.53. The van der Waals surface area contributed by atoms with Gasteiger partial charge in [0.2, 0.25) is 0 Å². The van der Waals surface area contributed by atoms with Crippen LogP contribution in [-0.4, -0.2) is 26.6 Å². The first kappa shape index (κ1) is 28.3. The van der Waals surface area contributed by atoms with Crippen LogP contribution in [0.3, 0.4) is 0 Å². The maximum absolute atomic E-state index is 13.7. The van der Waals surface area contributed by atoms with Gasteiger partial charge >= 0.3 is 6.18 Å². The van der Waals surface area contributed by atoms with Crippen molar-refractivity contribution in [1.29, 1.82) is 0 Å². The predicted molar refractivity (Wildman–Crippen MR) is 146 cm³/mol. The lowest BCUT2D eigenvalue weighted by atomic mass is 10.0. The lowest BCUT2D eigenvalue weighted by Gasteiger charge is -2.12. The second-order valence-corrected chi connectivity index (χ2v) is 10.3. The summed E-state index contributed by atoms with van der Waals surface area (Å²) in [5, 5.41) is 7.39. The predicted octanol–water partition coefficient (Wildman–Crippen LogP) is 7.01. The molecule has 0 aliphatic heterocycles. The van der Waals surface area contributed by atoms with E-state index in [1.807, 2.05) is 0 Å². The van der Waals surface area contributed by atoms with Crippen LogP contribution in [0.1, 0.15) is 25.9 Å². The molecule has 0 saturated carbocycles. The van der Waals surface area contributed by atoms with Gasteiger partial charge in [-0.25, -0.2) is 14.1 Å². The number of aromatic nitrogens is 3. The molecule has 0 aliphatic carbocycles. The molecule has 210 valence electrons. The molecule has 41 heavy (non-hydrogen) atoms. The number of ether oxygens (including phenoxy) is 1. The molecule has 5 aromatic rings. The molecular formula is C26H15Cl2F4N5O3S. The number of hydrogen-bond acceptors (Lipinski definition) is 6. The Balaban J connectivity index is 1.51. The maximum atomic E-state index is 13.7. The van der Waals surface area contributed by atoms with Gasteiger partial charge in [-0.05, 0) is 53.6 Å². The van der Waals surface area contributed by atoms with Gasteiger partial charge in [0, 0.05) is 16.6 Å². The summed E-state index contributed by atoms with van der Waals surface area (Å²) in [6, 6.07) is 11.4. The van der Waals surface area contributed by atoms with E-state index in [1.54, 1.807) is 12.1 Å². The summed E-state index contributed by atoms with van der Waals surface area (Å²) in [6.45, 7) is -0.124. The molecule has 2 aromatic carbocycles. The number of primary amides is 1. The van der Waals surface area contributed by atoms with Crippen LogP contribution >= 0.6 is 34.5 Å². The Hall–Kier alpha value is -4.20. The minimum Gasteiger partial charge on any atom is -0.470 e. The fourth-order valence-corrected chi connectivity index (χ4v) is 5.32. The van der Waals surface area contributed by atoms with E-state index in [4.69, 9.17) is 33.7 Å². The Kier molecular flexibility index (Phi) is 7.60. The normalized spacial score (nSPS) is 11.6. The monoisotopic (exact) mass is 623 g/mol. The zero-order chi connectivity index (χ0) is 29.5. The van der Waals surface area contributed by atoms with E-state index in [2.05, 4.69) is 15.4 Å². The number of nitrogens with one attached hydrogen (secondary N) is 1. The highest BCUT2D eigenvalue weighted by Crippen LogP contribution is 2.43. The molecule has 2 amide bonds. The molecule has 0 unspecified atom stereocenters. The third-order valence-electron chi connectivity index (χ3n) is 5.69. The summed E-state index contributed by atoms with van der Waals surface area (Å²) in [4.78, 5) is 28.7. The number of nitrogens with zero attached hydrogens (tertiary/aromatic N) is 3. The van der Waals surface area contributed by atoms with Crippen molar-refractivity contribution in [3.63, 3.8) is 0 Å². The van der Waals surface area contributed by atoms with Gasteiger partial charge in [0.1, 0.15) is 27.0 Å². The van der Waals surface area contributed by atoms with Gasteiger partial charge in [-0.2, -0.15) is 18.3 Å². The van der Waals surface area contributed by atoms with Crippen molar-refractivity contribution in [2.45, 2.75) is 12.9 Å². The highest BCUT2D eigenvalue weighted by atomic mass is 35.5. The number of carbonyl (C=O) groups is 2. The van der Waals surface area contributed by atoms with E-state index in [9.17, 15) is 27.2 Å². The number of benzene rings is 2. The van der Waals surface area contributed by atoms with E-state index in [1.165, 1.54) is 35.1 Å². The standard InChI is InChI=1S/C26H15Cl2F4N5O3S/c27-13-3-6-18(16(28)9-13)40-11-37-8-7-17(36-37)24(39)35-21-20-15(12-1-4-14(29)5-2-12)10-19(26(30,31)32)34-25(20)41-22(21)23(33)38/h1-10H,11H2,(H2,33,38)(H,35,39). The number of pyridine rings is 1. The van der Waals surface area contributed by atoms with Crippen molar-refractivity contribution in [1.82, 2.24) is 14.8 Å². The number of alkyl halides is 3. The molecule has 0 fully saturated rings. The summed E-state index contributed by atoms with van der Waals surface area (Å²) in [6.07, 6.45) is -3.38. The van der Waals surface area contributed by atoms with Crippen molar-refractivity contribution in [3.05, 3.63) is 92.9 Å². The molecule has 3 N–H and O–H groups in total. The first-order valence-corrected chi connectivity index (χ1v) is 13.0. The molecule has 0 spiro atoms. The zero-order valence-electron chi connectivity index (χ0n) is 20.3. The molecule has 8 nitrogen and oxygen atoms in total. The van der Waals surface area contributed by atoms with Gasteiger partial charge in [0.25, 0.3) is 11.8 Å². The first-order valence-electron chi connectivity index (χ1n) is 11.4. The second-order valence-electron chi connectivity index (χ2n) is 8.45. The number of amides is 2. The molecule has 0 radical (unpaired) electrons. The number of hydrogen-bond donors (Lipinski definition) is 2. The average molecular weight is 624 g/mol. The number of anilines is 1. The third kappa shape index (κ3) is 5.97. The van der Waals surface area contributed by atoms with Gasteiger partial charge in [0.05, 0.1) is 10.7 Å². The molecule has 0 bridgehead atoms. The number of fused-ring (bicyclic) bond motifs is 1. The topological polar surface area (TPSA) is 112 Å². The highest BCUT2D eigenvalue weighted by Gasteiger charge is 2.35. The summed E-state index contributed by atoms with van der Waals surface area (Å²) in [7, 11) is 0. The summed E-state index contributed by atoms with van der Waals surface area (Å²) < 4.78 is 61.5. The number of rotatable bonds is 7. The molecule has 0 atom stereocenters. The maximum Gasteiger partial charge on any atom is 0.433 e. The van der Waals surface area contributed by atoms with E-state index >= 15 is 0 Å². The summed E-state index contributed by atoms with van der Waals surface area (Å²) >= 11 is 12.6. The molecule has 3 heterocycles. The highest BCUT2D eigenvalue weighted by molar-refractivity contribution is 7.21. The van der Waals surface area contributed by atoms with E-state index < -0.39 is 29.5 Å². The quantitative estimate of drug-likeness (QED) is 0.189. The van der Waals surface area contributed by atoms with Crippen LogP contribution in [0.2, 0.25) is 10.0 Å². The van der Waals surface area contributed by atoms with Gasteiger partial charge < -0.3 is 15.8 Å². The zero-order valence-corrected chi connectivity index (χ0v) is 22.6. The Morgan fingerprint density at radius 2 is 1.80 bits per heavy atom. The van der Waals surface area contributed by atoms with Crippen LogP contribution in [0.15, 0.2) is 60.8 Å². The van der Waals surface area contributed by atoms with Gasteiger partial charge in [-0.3, -0.25) is 9.59 Å². The summed E-state index contributed by atoms with van der Waals surface area (Å²) in [5.41, 5.74) is 4.17. The van der Waals surface area contributed by atoms with Crippen molar-refractivity contribution in [3.8, 4) is 16.9 Å². The lowest BCUT2D eigenvalue weighted by molar-refractivity contribution is -0.140. The van der Waals surface area contributed by atoms with Crippen LogP contribution in [-0.2, 0) is 12.9 Å². The Morgan fingerprint density at radius 1 is 1.07 bits per heavy atom. The van der Waals surface area contributed by atoms with Gasteiger partial charge in [0.15, 0.2) is 12.4 Å². The largest absolute Gasteiger partial charge is 0.470 e. The number of halogens is 6. The van der Waals surface area contributed by atoms with Crippen molar-refractivity contribution in [2.24, 2.45) is 5.73 Å².